The smallest absolute Gasteiger partial charge is 0.417 e. The molecule has 0 amide bonds. The second-order valence-electron chi connectivity index (χ2n) is 12.1. The lowest BCUT2D eigenvalue weighted by molar-refractivity contribution is -0.137. The molecule has 2 saturated heterocycles. The number of benzene rings is 2. The van der Waals surface area contributed by atoms with Crippen LogP contribution in [0.4, 0.5) is 27.6 Å². The van der Waals surface area contributed by atoms with Crippen molar-refractivity contribution in [3.05, 3.63) is 76.5 Å². The molecule has 3 fully saturated rings. The monoisotopic (exact) mass is 679 g/mol. The average Bonchev–Trinajstić information content (AvgIpc) is 3.66. The molecule has 3 aromatic rings. The molecule has 3 atom stereocenters. The van der Waals surface area contributed by atoms with Gasteiger partial charge in [0.1, 0.15) is 18.2 Å². The van der Waals surface area contributed by atoms with E-state index >= 15 is 4.39 Å². The highest BCUT2D eigenvalue weighted by Crippen LogP contribution is 2.56. The fourth-order valence-electron chi connectivity index (χ4n) is 6.57. The Morgan fingerprint density at radius 1 is 1.04 bits per heavy atom. The lowest BCUT2D eigenvalue weighted by Gasteiger charge is -2.60. The van der Waals surface area contributed by atoms with Crippen LogP contribution in [0.25, 0.3) is 11.1 Å². The molecular weight excluding hydrogens is 641 g/mol. The van der Waals surface area contributed by atoms with Gasteiger partial charge in [0.05, 0.1) is 23.2 Å². The zero-order valence-corrected chi connectivity index (χ0v) is 27.5. The Hall–Kier alpha value is -3.58. The van der Waals surface area contributed by atoms with Gasteiger partial charge in [0.15, 0.2) is 0 Å². The fraction of sp³-hybridized carbons (Fsp3) is 0.471. The van der Waals surface area contributed by atoms with E-state index in [1.807, 2.05) is 29.1 Å². The molecule has 0 N–H and O–H groups in total. The van der Waals surface area contributed by atoms with Gasteiger partial charge in [-0.25, -0.2) is 22.3 Å². The number of carbonyl (C=O) groups is 1. The van der Waals surface area contributed by atoms with Crippen molar-refractivity contribution in [2.24, 2.45) is 11.3 Å². The minimum absolute atomic E-state index is 0.0181. The first-order valence-corrected chi connectivity index (χ1v) is 17.1. The summed E-state index contributed by atoms with van der Waals surface area (Å²) in [5.74, 6) is -0.410. The number of aromatic nitrogens is 1. The minimum Gasteiger partial charge on any atom is -0.473 e. The van der Waals surface area contributed by atoms with Crippen molar-refractivity contribution in [3.8, 4) is 17.0 Å². The predicted octanol–water partition coefficient (Wildman–Crippen LogP) is 6.91. The van der Waals surface area contributed by atoms with E-state index in [0.717, 1.165) is 18.1 Å². The number of carbonyl (C=O) groups excluding carboxylic acids is 1. The predicted molar refractivity (Wildman–Crippen MR) is 169 cm³/mol. The third-order valence-electron chi connectivity index (χ3n) is 8.95. The Labute approximate surface area is 273 Å². The number of hydrogen-bond acceptors (Lipinski definition) is 6. The summed E-state index contributed by atoms with van der Waals surface area (Å²) in [5.41, 5.74) is 0.846. The zero-order chi connectivity index (χ0) is 34.1. The molecule has 3 unspecified atom stereocenters. The molecule has 2 aromatic carbocycles. The zero-order valence-electron chi connectivity index (χ0n) is 26.7. The highest BCUT2D eigenvalue weighted by atomic mass is 32.2. The third-order valence-corrected chi connectivity index (χ3v) is 9.94. The van der Waals surface area contributed by atoms with Crippen molar-refractivity contribution in [2.75, 3.05) is 43.9 Å². The Morgan fingerprint density at radius 3 is 2.36 bits per heavy atom. The number of anilines is 1. The highest BCUT2D eigenvalue weighted by Gasteiger charge is 2.53. The largest absolute Gasteiger partial charge is 0.473 e. The number of pyridine rings is 1. The molecule has 1 spiro atoms. The number of ether oxygens (including phenoxy) is 2. The maximum atomic E-state index is 15.3. The van der Waals surface area contributed by atoms with Gasteiger partial charge in [-0.1, -0.05) is 13.8 Å². The van der Waals surface area contributed by atoms with Crippen LogP contribution in [0.1, 0.15) is 55.4 Å². The van der Waals surface area contributed by atoms with E-state index in [9.17, 15) is 26.6 Å². The maximum Gasteiger partial charge on any atom is 0.417 e. The summed E-state index contributed by atoms with van der Waals surface area (Å²) < 4.78 is 95.2. The van der Waals surface area contributed by atoms with Crippen LogP contribution in [0, 0.1) is 23.0 Å². The summed E-state index contributed by atoms with van der Waals surface area (Å²) in [7, 11) is -1.02. The van der Waals surface area contributed by atoms with E-state index in [2.05, 4.69) is 9.72 Å². The molecule has 7 nitrogen and oxygen atoms in total. The second kappa shape index (κ2) is 13.9. The number of rotatable bonds is 8. The van der Waals surface area contributed by atoms with Crippen molar-refractivity contribution in [2.45, 2.75) is 52.3 Å². The van der Waals surface area contributed by atoms with E-state index in [-0.39, 0.29) is 29.0 Å². The van der Waals surface area contributed by atoms with Crippen LogP contribution in [0.2, 0.25) is 0 Å². The SMILES string of the molecule is CC.CCOC=O.CS(=O)N1CC2(CN(c3ccc(-c4cc(COc5cc6c(cn5)C5CC5C6)c(F)cc4C(F)(F)F)c(F)c3)C2)C1. The first-order chi connectivity index (χ1) is 22.4. The van der Waals surface area contributed by atoms with Crippen LogP contribution in [0.5, 0.6) is 5.88 Å². The van der Waals surface area contributed by atoms with Crippen LogP contribution in [-0.4, -0.2) is 59.0 Å². The molecule has 1 aromatic heterocycles. The van der Waals surface area contributed by atoms with Crippen molar-refractivity contribution in [1.29, 1.82) is 0 Å². The number of fused-ring (bicyclic) bond motifs is 3. The molecule has 1 saturated carbocycles. The number of halogens is 5. The lowest BCUT2D eigenvalue weighted by Crippen LogP contribution is -2.72. The first-order valence-electron chi connectivity index (χ1n) is 15.6. The maximum absolute atomic E-state index is 15.3. The molecular formula is C34H38F5N3O4S. The molecule has 2 aliphatic carbocycles. The van der Waals surface area contributed by atoms with Gasteiger partial charge in [0.2, 0.25) is 5.88 Å². The average molecular weight is 680 g/mol. The van der Waals surface area contributed by atoms with Crippen molar-refractivity contribution in [1.82, 2.24) is 9.29 Å². The van der Waals surface area contributed by atoms with Crippen LogP contribution >= 0.6 is 0 Å². The molecule has 13 heteroatoms. The number of hydrogen-bond donors (Lipinski definition) is 0. The normalized spacial score (nSPS) is 20.7. The highest BCUT2D eigenvalue weighted by molar-refractivity contribution is 7.81. The standard InChI is InChI=1S/C29H26F5N3O2S.C3H6O2.C2H6/c1-40(38)37-14-28(15-37)12-36(13-28)19-2-3-20(26(31)8-19)22-6-18(25(30)9-24(22)29(32,33)34)11-39-27-7-17-4-16-5-21(16)23(17)10-35-27;1-2-5-3-4;1-2/h2-3,6-10,16,21H,4-5,11-15H2,1H3;3H,2H2,1H3;1-2H3. The molecule has 7 rings (SSSR count). The summed E-state index contributed by atoms with van der Waals surface area (Å²) in [5, 5.41) is 0. The molecule has 3 heterocycles. The van der Waals surface area contributed by atoms with Gasteiger partial charge in [0.25, 0.3) is 6.47 Å². The number of alkyl halides is 3. The van der Waals surface area contributed by atoms with Gasteiger partial charge in [-0.15, -0.1) is 0 Å². The van der Waals surface area contributed by atoms with Gasteiger partial charge >= 0.3 is 6.18 Å². The van der Waals surface area contributed by atoms with E-state index in [4.69, 9.17) is 4.74 Å². The Balaban J connectivity index is 0.000000569. The Bertz CT molecular complexity index is 1640. The number of nitrogens with zero attached hydrogens (tertiary/aromatic N) is 3. The van der Waals surface area contributed by atoms with Crippen molar-refractivity contribution >= 4 is 23.1 Å². The summed E-state index contributed by atoms with van der Waals surface area (Å²) in [6.45, 7) is 9.03. The van der Waals surface area contributed by atoms with Gasteiger partial charge in [0, 0.05) is 66.9 Å². The van der Waals surface area contributed by atoms with Gasteiger partial charge in [-0.2, -0.15) is 13.2 Å². The van der Waals surface area contributed by atoms with E-state index < -0.39 is 39.9 Å². The molecule has 254 valence electrons. The van der Waals surface area contributed by atoms with Crippen molar-refractivity contribution in [3.63, 3.8) is 0 Å². The summed E-state index contributed by atoms with van der Waals surface area (Å²) in [6.07, 6.45) is 0.627. The summed E-state index contributed by atoms with van der Waals surface area (Å²) >= 11 is 0. The fourth-order valence-corrected chi connectivity index (χ4v) is 7.48. The Morgan fingerprint density at radius 2 is 1.77 bits per heavy atom. The Kier molecular flexibility index (Phi) is 10.3. The minimum atomic E-state index is -4.89. The quantitative estimate of drug-likeness (QED) is 0.191. The molecule has 47 heavy (non-hydrogen) atoms. The van der Waals surface area contributed by atoms with Crippen LogP contribution in [0.15, 0.2) is 42.6 Å². The van der Waals surface area contributed by atoms with E-state index in [1.54, 1.807) is 25.4 Å². The first kappa shape index (κ1) is 34.7. The van der Waals surface area contributed by atoms with Crippen LogP contribution < -0.4 is 9.64 Å². The van der Waals surface area contributed by atoms with E-state index in [0.29, 0.717) is 62.8 Å². The molecule has 4 aliphatic rings. The van der Waals surface area contributed by atoms with E-state index in [1.165, 1.54) is 24.1 Å². The summed E-state index contributed by atoms with van der Waals surface area (Å²) in [6, 6.07) is 7.35. The topological polar surface area (TPSA) is 72.0 Å². The molecule has 2 aliphatic heterocycles. The van der Waals surface area contributed by atoms with Crippen molar-refractivity contribution < 1.29 is 40.4 Å². The van der Waals surface area contributed by atoms with Crippen LogP contribution in [-0.2, 0) is 39.7 Å². The molecule has 0 radical (unpaired) electrons. The lowest BCUT2D eigenvalue weighted by atomic mass is 9.74. The summed E-state index contributed by atoms with van der Waals surface area (Å²) in [4.78, 5) is 15.4. The van der Waals surface area contributed by atoms with Gasteiger partial charge in [-0.05, 0) is 78.6 Å². The third kappa shape index (κ3) is 7.30. The van der Waals surface area contributed by atoms with Crippen LogP contribution in [0.3, 0.4) is 0 Å². The molecule has 0 bridgehead atoms. The van der Waals surface area contributed by atoms with Gasteiger partial charge in [-0.3, -0.25) is 4.79 Å². The van der Waals surface area contributed by atoms with Gasteiger partial charge < -0.3 is 14.4 Å². The second-order valence-corrected chi connectivity index (χ2v) is 13.5.